The molecular weight excluding hydrogens is 272 g/mol. The van der Waals surface area contributed by atoms with Crippen molar-refractivity contribution in [2.45, 2.75) is 38.4 Å². The molecule has 0 saturated heterocycles. The molecular formula is C15H18N2O2S. The highest BCUT2D eigenvalue weighted by molar-refractivity contribution is 7.99. The van der Waals surface area contributed by atoms with Gasteiger partial charge in [0.05, 0.1) is 16.8 Å². The van der Waals surface area contributed by atoms with Crippen LogP contribution in [0.25, 0.3) is 11.0 Å². The fraction of sp³-hybridized carbons (Fsp3) is 0.467. The van der Waals surface area contributed by atoms with Crippen molar-refractivity contribution < 1.29 is 9.90 Å². The number of aryl methyl sites for hydroxylation is 1. The first-order valence-electron chi connectivity index (χ1n) is 6.72. The third-order valence-corrected chi connectivity index (χ3v) is 4.91. The van der Waals surface area contributed by atoms with E-state index < -0.39 is 5.97 Å². The summed E-state index contributed by atoms with van der Waals surface area (Å²) in [5, 5.41) is 9.72. The molecule has 5 heteroatoms. The van der Waals surface area contributed by atoms with Crippen LogP contribution < -0.4 is 0 Å². The van der Waals surface area contributed by atoms with Gasteiger partial charge in [-0.15, -0.1) is 0 Å². The van der Waals surface area contributed by atoms with Crippen molar-refractivity contribution in [3.05, 3.63) is 23.8 Å². The van der Waals surface area contributed by atoms with E-state index in [1.807, 2.05) is 12.1 Å². The zero-order chi connectivity index (χ0) is 14.5. The molecule has 1 N–H and O–H groups in total. The second-order valence-electron chi connectivity index (χ2n) is 6.10. The highest BCUT2D eigenvalue weighted by Gasteiger charge is 2.48. The number of imidazole rings is 1. The number of nitrogens with zero attached hydrogens (tertiary/aromatic N) is 2. The summed E-state index contributed by atoms with van der Waals surface area (Å²) in [6.45, 7) is 6.57. The average molecular weight is 290 g/mol. The number of para-hydroxylation sites is 1. The standard InChI is InChI=1S/C15H18N2O2S/c1-9-5-4-6-10-13(9)17(11-7-15(11,2)3)14(16-10)20-8-12(18)19/h4-6,11H,7-8H2,1-3H3,(H,18,19). The van der Waals surface area contributed by atoms with Crippen molar-refractivity contribution >= 4 is 28.8 Å². The average Bonchev–Trinajstić information content (AvgIpc) is 2.83. The summed E-state index contributed by atoms with van der Waals surface area (Å²) < 4.78 is 2.25. The van der Waals surface area contributed by atoms with Gasteiger partial charge in [-0.05, 0) is 30.4 Å². The lowest BCUT2D eigenvalue weighted by Crippen LogP contribution is -2.05. The van der Waals surface area contributed by atoms with Gasteiger partial charge >= 0.3 is 5.97 Å². The number of aliphatic carboxylic acids is 1. The SMILES string of the molecule is Cc1cccc2nc(SCC(=O)O)n(C3CC3(C)C)c12. The fourth-order valence-corrected chi connectivity index (χ4v) is 3.47. The van der Waals surface area contributed by atoms with Crippen LogP contribution in [0.1, 0.15) is 31.9 Å². The van der Waals surface area contributed by atoms with Crippen LogP contribution in [-0.4, -0.2) is 26.4 Å². The third kappa shape index (κ3) is 2.20. The number of carbonyl (C=O) groups is 1. The molecule has 1 unspecified atom stereocenters. The van der Waals surface area contributed by atoms with Gasteiger partial charge in [-0.25, -0.2) is 4.98 Å². The summed E-state index contributed by atoms with van der Waals surface area (Å²) in [5.41, 5.74) is 3.57. The Labute approximate surface area is 122 Å². The van der Waals surface area contributed by atoms with Gasteiger partial charge in [0.1, 0.15) is 0 Å². The van der Waals surface area contributed by atoms with Crippen molar-refractivity contribution in [3.63, 3.8) is 0 Å². The second kappa shape index (κ2) is 4.52. The molecule has 3 rings (SSSR count). The maximum atomic E-state index is 10.8. The number of hydrogen-bond acceptors (Lipinski definition) is 3. The predicted octanol–water partition coefficient (Wildman–Crippen LogP) is 3.49. The first-order valence-corrected chi connectivity index (χ1v) is 7.71. The minimum absolute atomic E-state index is 0.0511. The number of carboxylic acid groups (broad SMARTS) is 1. The van der Waals surface area contributed by atoms with Crippen LogP contribution in [0.15, 0.2) is 23.4 Å². The molecule has 0 amide bonds. The number of benzene rings is 1. The van der Waals surface area contributed by atoms with Crippen molar-refractivity contribution in [2.75, 3.05) is 5.75 Å². The van der Waals surface area contributed by atoms with Crippen molar-refractivity contribution in [2.24, 2.45) is 5.41 Å². The summed E-state index contributed by atoms with van der Waals surface area (Å²) in [7, 11) is 0. The second-order valence-corrected chi connectivity index (χ2v) is 7.04. The van der Waals surface area contributed by atoms with Crippen molar-refractivity contribution in [3.8, 4) is 0 Å². The third-order valence-electron chi connectivity index (χ3n) is 3.98. The summed E-state index contributed by atoms with van der Waals surface area (Å²) in [5.74, 6) is -0.754. The van der Waals surface area contributed by atoms with Gasteiger partial charge in [-0.1, -0.05) is 37.7 Å². The molecule has 1 saturated carbocycles. The minimum Gasteiger partial charge on any atom is -0.481 e. The Balaban J connectivity index is 2.11. The van der Waals surface area contributed by atoms with E-state index >= 15 is 0 Å². The highest BCUT2D eigenvalue weighted by atomic mass is 32.2. The maximum absolute atomic E-state index is 10.8. The largest absolute Gasteiger partial charge is 0.481 e. The van der Waals surface area contributed by atoms with E-state index in [1.165, 1.54) is 17.3 Å². The Kier molecular flexibility index (Phi) is 3.05. The van der Waals surface area contributed by atoms with E-state index in [1.54, 1.807) is 0 Å². The van der Waals surface area contributed by atoms with E-state index in [-0.39, 0.29) is 11.2 Å². The van der Waals surface area contributed by atoms with Crippen LogP contribution in [0.2, 0.25) is 0 Å². The molecule has 4 nitrogen and oxygen atoms in total. The fourth-order valence-electron chi connectivity index (χ4n) is 2.70. The van der Waals surface area contributed by atoms with Crippen LogP contribution in [0, 0.1) is 12.3 Å². The number of rotatable bonds is 4. The molecule has 0 spiro atoms. The number of carboxylic acids is 1. The summed E-state index contributed by atoms with van der Waals surface area (Å²) in [6, 6.07) is 6.50. The van der Waals surface area contributed by atoms with E-state index in [0.29, 0.717) is 6.04 Å². The van der Waals surface area contributed by atoms with Crippen molar-refractivity contribution in [1.29, 1.82) is 0 Å². The van der Waals surface area contributed by atoms with Crippen LogP contribution in [0.4, 0.5) is 0 Å². The molecule has 20 heavy (non-hydrogen) atoms. The molecule has 1 aromatic heterocycles. The number of hydrogen-bond donors (Lipinski definition) is 1. The Hall–Kier alpha value is -1.49. The predicted molar refractivity (Wildman–Crippen MR) is 80.3 cm³/mol. The zero-order valence-corrected chi connectivity index (χ0v) is 12.7. The van der Waals surface area contributed by atoms with Crippen LogP contribution in [0.5, 0.6) is 0 Å². The molecule has 2 aromatic rings. The monoisotopic (exact) mass is 290 g/mol. The van der Waals surface area contributed by atoms with E-state index in [9.17, 15) is 4.79 Å². The topological polar surface area (TPSA) is 55.1 Å². The molecule has 0 bridgehead atoms. The van der Waals surface area contributed by atoms with E-state index in [0.717, 1.165) is 22.6 Å². The maximum Gasteiger partial charge on any atom is 0.313 e. The van der Waals surface area contributed by atoms with Crippen LogP contribution >= 0.6 is 11.8 Å². The van der Waals surface area contributed by atoms with E-state index in [4.69, 9.17) is 5.11 Å². The number of aromatic nitrogens is 2. The van der Waals surface area contributed by atoms with Gasteiger partial charge in [-0.3, -0.25) is 4.79 Å². The quantitative estimate of drug-likeness (QED) is 0.876. The molecule has 1 atom stereocenters. The number of fused-ring (bicyclic) bond motifs is 1. The first-order chi connectivity index (χ1) is 9.40. The lowest BCUT2D eigenvalue weighted by Gasteiger charge is -2.11. The lowest BCUT2D eigenvalue weighted by atomic mass is 10.1. The Morgan fingerprint density at radius 2 is 2.25 bits per heavy atom. The molecule has 1 fully saturated rings. The van der Waals surface area contributed by atoms with E-state index in [2.05, 4.69) is 36.4 Å². The lowest BCUT2D eigenvalue weighted by molar-refractivity contribution is -0.133. The first kappa shape index (κ1) is 13.5. The highest BCUT2D eigenvalue weighted by Crippen LogP contribution is 2.57. The summed E-state index contributed by atoms with van der Waals surface area (Å²) in [4.78, 5) is 15.5. The Morgan fingerprint density at radius 3 is 2.85 bits per heavy atom. The summed E-state index contributed by atoms with van der Waals surface area (Å²) in [6.07, 6.45) is 1.12. The van der Waals surface area contributed by atoms with Gasteiger partial charge in [0.15, 0.2) is 5.16 Å². The molecule has 1 heterocycles. The molecule has 1 aromatic carbocycles. The Bertz CT molecular complexity index is 690. The van der Waals surface area contributed by atoms with Crippen molar-refractivity contribution in [1.82, 2.24) is 9.55 Å². The molecule has 1 aliphatic carbocycles. The molecule has 0 aliphatic heterocycles. The molecule has 1 aliphatic rings. The van der Waals surface area contributed by atoms with Crippen LogP contribution in [-0.2, 0) is 4.79 Å². The van der Waals surface area contributed by atoms with Gasteiger partial charge in [0.25, 0.3) is 0 Å². The molecule has 106 valence electrons. The minimum atomic E-state index is -0.805. The van der Waals surface area contributed by atoms with Gasteiger partial charge in [-0.2, -0.15) is 0 Å². The molecule has 0 radical (unpaired) electrons. The van der Waals surface area contributed by atoms with Crippen LogP contribution in [0.3, 0.4) is 0 Å². The normalized spacial score (nSPS) is 20.2. The Morgan fingerprint density at radius 1 is 1.55 bits per heavy atom. The number of thioether (sulfide) groups is 1. The summed E-state index contributed by atoms with van der Waals surface area (Å²) >= 11 is 1.31. The zero-order valence-electron chi connectivity index (χ0n) is 11.9. The van der Waals surface area contributed by atoms with Gasteiger partial charge in [0.2, 0.25) is 0 Å². The smallest absolute Gasteiger partial charge is 0.313 e. The van der Waals surface area contributed by atoms with Gasteiger partial charge in [0, 0.05) is 6.04 Å². The van der Waals surface area contributed by atoms with Gasteiger partial charge < -0.3 is 9.67 Å².